The first kappa shape index (κ1) is 20.2. The van der Waals surface area contributed by atoms with Crippen LogP contribution in [0.15, 0.2) is 30.3 Å². The number of hydrogen-bond acceptors (Lipinski definition) is 4. The summed E-state index contributed by atoms with van der Waals surface area (Å²) in [6.45, 7) is 4.38. The highest BCUT2D eigenvalue weighted by atomic mass is 35.5. The lowest BCUT2D eigenvalue weighted by molar-refractivity contribution is -0.135. The van der Waals surface area contributed by atoms with E-state index in [1.54, 1.807) is 24.3 Å². The van der Waals surface area contributed by atoms with E-state index in [9.17, 15) is 14.4 Å². The molecule has 0 saturated carbocycles. The number of imide groups is 1. The summed E-state index contributed by atoms with van der Waals surface area (Å²) in [6.07, 6.45) is 1.65. The molecule has 0 unspecified atom stereocenters. The molecule has 4 aliphatic rings. The minimum absolute atomic E-state index is 0.159. The van der Waals surface area contributed by atoms with E-state index in [0.717, 1.165) is 29.5 Å². The van der Waals surface area contributed by atoms with Crippen molar-refractivity contribution in [2.45, 2.75) is 38.3 Å². The molecule has 1 N–H and O–H groups in total. The summed E-state index contributed by atoms with van der Waals surface area (Å²) < 4.78 is 0. The SMILES string of the molecule is Cc1ccc(Cl)cc1N1C(=O)[C@@H]2[C@@H]3CCCN3[C@]3(C(=O)Nc4c3ccc(Cl)c4C)[C@H]2C1=O. The second-order valence-electron chi connectivity index (χ2n) is 9.16. The van der Waals surface area contributed by atoms with Crippen LogP contribution in [0.3, 0.4) is 0 Å². The zero-order valence-corrected chi connectivity index (χ0v) is 19.1. The number of aryl methyl sites for hydroxylation is 1. The number of halogens is 2. The number of fused-ring (bicyclic) bond motifs is 7. The lowest BCUT2D eigenvalue weighted by atomic mass is 9.75. The van der Waals surface area contributed by atoms with Gasteiger partial charge in [0.15, 0.2) is 0 Å². The third kappa shape index (κ3) is 2.23. The zero-order chi connectivity index (χ0) is 22.5. The monoisotopic (exact) mass is 469 g/mol. The Labute approximate surface area is 195 Å². The maximum absolute atomic E-state index is 14.0. The van der Waals surface area contributed by atoms with E-state index in [1.165, 1.54) is 4.90 Å². The molecule has 6 rings (SSSR count). The third-order valence-electron chi connectivity index (χ3n) is 7.77. The van der Waals surface area contributed by atoms with Crippen LogP contribution in [0.2, 0.25) is 10.0 Å². The number of nitrogens with zero attached hydrogens (tertiary/aromatic N) is 2. The lowest BCUT2D eigenvalue weighted by Gasteiger charge is -2.36. The molecule has 164 valence electrons. The largest absolute Gasteiger partial charge is 0.324 e. The maximum Gasteiger partial charge on any atom is 0.250 e. The number of benzene rings is 2. The fourth-order valence-corrected chi connectivity index (χ4v) is 6.78. The van der Waals surface area contributed by atoms with Gasteiger partial charge in [0.05, 0.1) is 23.2 Å². The van der Waals surface area contributed by atoms with Crippen LogP contribution in [0.25, 0.3) is 0 Å². The highest BCUT2D eigenvalue weighted by Gasteiger charge is 2.74. The highest BCUT2D eigenvalue weighted by Crippen LogP contribution is 2.61. The Morgan fingerprint density at radius 2 is 1.84 bits per heavy atom. The molecule has 32 heavy (non-hydrogen) atoms. The first-order chi connectivity index (χ1) is 15.3. The molecule has 4 heterocycles. The average molecular weight is 470 g/mol. The summed E-state index contributed by atoms with van der Waals surface area (Å²) in [5.41, 5.74) is 2.25. The van der Waals surface area contributed by atoms with Crippen LogP contribution in [0.5, 0.6) is 0 Å². The van der Waals surface area contributed by atoms with Crippen molar-refractivity contribution >= 4 is 52.3 Å². The summed E-state index contributed by atoms with van der Waals surface area (Å²) in [5, 5.41) is 4.01. The first-order valence-electron chi connectivity index (χ1n) is 10.8. The van der Waals surface area contributed by atoms with E-state index in [0.29, 0.717) is 28.0 Å². The van der Waals surface area contributed by atoms with Gasteiger partial charge in [-0.2, -0.15) is 0 Å². The van der Waals surface area contributed by atoms with Crippen LogP contribution in [0, 0.1) is 25.7 Å². The Morgan fingerprint density at radius 1 is 1.06 bits per heavy atom. The Morgan fingerprint density at radius 3 is 2.62 bits per heavy atom. The molecule has 8 heteroatoms. The van der Waals surface area contributed by atoms with Gasteiger partial charge in [-0.25, -0.2) is 4.90 Å². The van der Waals surface area contributed by atoms with Gasteiger partial charge in [-0.05, 0) is 62.6 Å². The summed E-state index contributed by atoms with van der Waals surface area (Å²) >= 11 is 12.5. The number of rotatable bonds is 1. The molecular weight excluding hydrogens is 449 g/mol. The number of nitrogens with one attached hydrogen (secondary N) is 1. The van der Waals surface area contributed by atoms with Gasteiger partial charge in [-0.1, -0.05) is 35.3 Å². The van der Waals surface area contributed by atoms with E-state index in [4.69, 9.17) is 23.2 Å². The van der Waals surface area contributed by atoms with Crippen molar-refractivity contribution in [2.24, 2.45) is 11.8 Å². The Bertz CT molecular complexity index is 1250. The molecule has 6 nitrogen and oxygen atoms in total. The van der Waals surface area contributed by atoms with E-state index < -0.39 is 17.4 Å². The van der Waals surface area contributed by atoms with Gasteiger partial charge >= 0.3 is 0 Å². The van der Waals surface area contributed by atoms with Gasteiger partial charge in [0.25, 0.3) is 0 Å². The number of hydrogen-bond donors (Lipinski definition) is 1. The van der Waals surface area contributed by atoms with Gasteiger partial charge in [0.2, 0.25) is 17.7 Å². The maximum atomic E-state index is 14.0. The molecule has 0 bridgehead atoms. The number of amides is 3. The molecule has 2 aromatic rings. The normalized spacial score (nSPS) is 30.8. The predicted molar refractivity (Wildman–Crippen MR) is 122 cm³/mol. The third-order valence-corrected chi connectivity index (χ3v) is 8.42. The first-order valence-corrected chi connectivity index (χ1v) is 11.6. The van der Waals surface area contributed by atoms with Crippen LogP contribution in [-0.2, 0) is 19.9 Å². The van der Waals surface area contributed by atoms with Crippen molar-refractivity contribution in [2.75, 3.05) is 16.8 Å². The molecule has 4 atom stereocenters. The molecule has 0 radical (unpaired) electrons. The van der Waals surface area contributed by atoms with Gasteiger partial charge in [-0.15, -0.1) is 0 Å². The molecule has 3 saturated heterocycles. The molecule has 2 aromatic carbocycles. The van der Waals surface area contributed by atoms with E-state index >= 15 is 0 Å². The molecular formula is C24H21Cl2N3O3. The van der Waals surface area contributed by atoms with Crippen molar-refractivity contribution in [3.63, 3.8) is 0 Å². The average Bonchev–Trinajstić information content (AvgIpc) is 3.46. The molecule has 0 aromatic heterocycles. The summed E-state index contributed by atoms with van der Waals surface area (Å²) in [7, 11) is 0. The molecule has 3 amide bonds. The standard InChI is InChI=1S/C24H21Cl2N3O3/c1-11-5-6-13(25)10-17(11)29-21(30)18-16-4-3-9-28(16)24(19(18)22(29)31)14-7-8-15(26)12(2)20(14)27-23(24)32/h5-8,10,16,18-19H,3-4,9H2,1-2H3,(H,27,32)/t16-,18+,19+,24-/m0/s1. The summed E-state index contributed by atoms with van der Waals surface area (Å²) in [4.78, 5) is 44.8. The van der Waals surface area contributed by atoms with Gasteiger partial charge in [0, 0.05) is 21.7 Å². The second-order valence-corrected chi connectivity index (χ2v) is 10.0. The Hall–Kier alpha value is -2.41. The quantitative estimate of drug-likeness (QED) is 0.639. The number of carbonyl (C=O) groups is 3. The Balaban J connectivity index is 1.58. The number of anilines is 2. The van der Waals surface area contributed by atoms with Crippen molar-refractivity contribution in [3.05, 3.63) is 57.1 Å². The van der Waals surface area contributed by atoms with E-state index in [1.807, 2.05) is 19.9 Å². The van der Waals surface area contributed by atoms with E-state index in [-0.39, 0.29) is 23.8 Å². The van der Waals surface area contributed by atoms with Gasteiger partial charge in [0.1, 0.15) is 5.54 Å². The summed E-state index contributed by atoms with van der Waals surface area (Å²) in [5.74, 6) is -2.19. The molecule has 4 aliphatic heterocycles. The predicted octanol–water partition coefficient (Wildman–Crippen LogP) is 4.04. The van der Waals surface area contributed by atoms with Crippen molar-refractivity contribution in [1.82, 2.24) is 4.90 Å². The van der Waals surface area contributed by atoms with Gasteiger partial charge in [-0.3, -0.25) is 19.3 Å². The van der Waals surface area contributed by atoms with Gasteiger partial charge < -0.3 is 5.32 Å². The van der Waals surface area contributed by atoms with Crippen LogP contribution in [0.4, 0.5) is 11.4 Å². The van der Waals surface area contributed by atoms with E-state index in [2.05, 4.69) is 10.2 Å². The number of carbonyl (C=O) groups excluding carboxylic acids is 3. The molecule has 3 fully saturated rings. The van der Waals surface area contributed by atoms with Crippen LogP contribution < -0.4 is 10.2 Å². The molecule has 0 aliphatic carbocycles. The smallest absolute Gasteiger partial charge is 0.250 e. The minimum Gasteiger partial charge on any atom is -0.324 e. The fourth-order valence-electron chi connectivity index (χ4n) is 6.45. The van der Waals surface area contributed by atoms with Crippen LogP contribution >= 0.6 is 23.2 Å². The second kappa shape index (κ2) is 6.56. The van der Waals surface area contributed by atoms with Crippen molar-refractivity contribution in [3.8, 4) is 0 Å². The minimum atomic E-state index is -1.20. The van der Waals surface area contributed by atoms with Crippen molar-refractivity contribution in [1.29, 1.82) is 0 Å². The van der Waals surface area contributed by atoms with Crippen molar-refractivity contribution < 1.29 is 14.4 Å². The lowest BCUT2D eigenvalue weighted by Crippen LogP contribution is -2.54. The molecule has 1 spiro atoms. The van der Waals surface area contributed by atoms with Crippen LogP contribution in [0.1, 0.15) is 29.5 Å². The van der Waals surface area contributed by atoms with Crippen LogP contribution in [-0.4, -0.2) is 35.2 Å². The Kier molecular flexibility index (Phi) is 4.15. The zero-order valence-electron chi connectivity index (χ0n) is 17.6. The fraction of sp³-hybridized carbons (Fsp3) is 0.375. The highest BCUT2D eigenvalue weighted by molar-refractivity contribution is 6.33. The summed E-state index contributed by atoms with van der Waals surface area (Å²) in [6, 6.07) is 8.64. The topological polar surface area (TPSA) is 69.7 Å².